The second kappa shape index (κ2) is 8.64. The van der Waals surface area contributed by atoms with Crippen molar-refractivity contribution < 1.29 is 14.6 Å². The van der Waals surface area contributed by atoms with Crippen molar-refractivity contribution >= 4 is 23.4 Å². The van der Waals surface area contributed by atoms with Crippen LogP contribution in [-0.4, -0.2) is 33.8 Å². The molecule has 0 aliphatic carbocycles. The van der Waals surface area contributed by atoms with Crippen molar-refractivity contribution in [2.75, 3.05) is 5.73 Å². The number of rotatable bonds is 4. The highest BCUT2D eigenvalue weighted by atomic mass is 35.5. The third kappa shape index (κ3) is 5.43. The average Bonchev–Trinajstić information content (AvgIpc) is 3.05. The van der Waals surface area contributed by atoms with E-state index in [0.29, 0.717) is 29.1 Å². The lowest BCUT2D eigenvalue weighted by molar-refractivity contribution is -0.00452. The number of nitrogen functional groups attached to an aromatic ring is 1. The van der Waals surface area contributed by atoms with Gasteiger partial charge in [-0.1, -0.05) is 35.9 Å². The van der Waals surface area contributed by atoms with Crippen LogP contribution in [0.15, 0.2) is 48.5 Å². The summed E-state index contributed by atoms with van der Waals surface area (Å²) in [5.41, 5.74) is 7.67. The molecule has 2 unspecified atom stereocenters. The molecule has 0 saturated carbocycles. The maximum absolute atomic E-state index is 13.1. The quantitative estimate of drug-likeness (QED) is 0.690. The number of nitrogens with two attached hydrogens (primary N) is 1. The number of carbonyl (C=O) groups is 1. The minimum Gasteiger partial charge on any atom is -0.444 e. The number of likely N-dealkylation sites (tertiary alicyclic amines) is 1. The van der Waals surface area contributed by atoms with Crippen molar-refractivity contribution in [2.24, 2.45) is 0 Å². The number of nitrogens with zero attached hydrogens (tertiary/aromatic N) is 1. The molecule has 1 aliphatic rings. The Morgan fingerprint density at radius 2 is 1.93 bits per heavy atom. The number of aliphatic hydroxyl groups is 1. The van der Waals surface area contributed by atoms with Crippen LogP contribution < -0.4 is 5.73 Å². The molecule has 0 aromatic heterocycles. The van der Waals surface area contributed by atoms with Crippen LogP contribution in [-0.2, 0) is 11.2 Å². The number of hydrogen-bond donors (Lipinski definition) is 2. The summed E-state index contributed by atoms with van der Waals surface area (Å²) in [6.07, 6.45) is 0.913. The topological polar surface area (TPSA) is 75.8 Å². The summed E-state index contributed by atoms with van der Waals surface area (Å²) >= 11 is 6.10. The van der Waals surface area contributed by atoms with E-state index in [2.05, 4.69) is 0 Å². The Bertz CT molecular complexity index is 848. The summed E-state index contributed by atoms with van der Waals surface area (Å²) in [6, 6.07) is 14.4. The molecule has 2 aromatic rings. The Hall–Kier alpha value is -2.24. The van der Waals surface area contributed by atoms with E-state index in [-0.39, 0.29) is 12.1 Å². The summed E-state index contributed by atoms with van der Waals surface area (Å²) < 4.78 is 5.68. The molecule has 1 aliphatic heterocycles. The van der Waals surface area contributed by atoms with E-state index in [1.807, 2.05) is 51.1 Å². The van der Waals surface area contributed by atoms with E-state index in [0.717, 1.165) is 12.0 Å². The van der Waals surface area contributed by atoms with E-state index in [1.165, 1.54) is 0 Å². The Labute approximate surface area is 177 Å². The molecule has 1 heterocycles. The fraction of sp³-hybridized carbons (Fsp3) is 0.435. The van der Waals surface area contributed by atoms with Gasteiger partial charge in [-0.05, 0) is 75.4 Å². The van der Waals surface area contributed by atoms with Gasteiger partial charge < -0.3 is 15.6 Å². The zero-order valence-electron chi connectivity index (χ0n) is 17.1. The predicted octanol–water partition coefficient (Wildman–Crippen LogP) is 4.97. The van der Waals surface area contributed by atoms with Crippen LogP contribution in [0.3, 0.4) is 0 Å². The van der Waals surface area contributed by atoms with Crippen molar-refractivity contribution in [1.82, 2.24) is 4.90 Å². The van der Waals surface area contributed by atoms with Gasteiger partial charge in [-0.15, -0.1) is 0 Å². The van der Waals surface area contributed by atoms with E-state index in [9.17, 15) is 9.90 Å². The summed E-state index contributed by atoms with van der Waals surface area (Å²) in [4.78, 5) is 14.8. The van der Waals surface area contributed by atoms with Gasteiger partial charge in [0.25, 0.3) is 0 Å². The van der Waals surface area contributed by atoms with Crippen molar-refractivity contribution in [3.05, 3.63) is 64.7 Å². The minimum absolute atomic E-state index is 0.0627. The van der Waals surface area contributed by atoms with Crippen LogP contribution >= 0.6 is 11.6 Å². The van der Waals surface area contributed by atoms with Crippen LogP contribution in [0.1, 0.15) is 50.8 Å². The highest BCUT2D eigenvalue weighted by molar-refractivity contribution is 6.30. The molecular formula is C23H29ClN2O3. The number of carbonyl (C=O) groups excluding carboxylic acids is 1. The van der Waals surface area contributed by atoms with E-state index >= 15 is 0 Å². The molecule has 1 fully saturated rings. The molecule has 3 N–H and O–H groups in total. The van der Waals surface area contributed by atoms with Crippen molar-refractivity contribution in [3.8, 4) is 0 Å². The van der Waals surface area contributed by atoms with Gasteiger partial charge in [0, 0.05) is 16.8 Å². The zero-order valence-corrected chi connectivity index (χ0v) is 17.9. The number of halogens is 1. The molecule has 0 spiro atoms. The largest absolute Gasteiger partial charge is 0.444 e. The first kappa shape index (κ1) is 21.5. The standard InChI is InChI=1S/C23H29ClN2O3/c1-23(2,3)29-22(28)26-19(13-15-7-9-18(25)10-8-15)11-12-20(26)21(27)16-5-4-6-17(24)14-16/h4-10,14,19-21,27H,11-13,25H2,1-3H3/t19?,20?,21-/m1/s1. The van der Waals surface area contributed by atoms with Gasteiger partial charge in [0.15, 0.2) is 0 Å². The van der Waals surface area contributed by atoms with Crippen LogP contribution in [0.4, 0.5) is 10.5 Å². The normalized spacial score (nSPS) is 20.5. The van der Waals surface area contributed by atoms with Gasteiger partial charge in [0.05, 0.1) is 12.1 Å². The number of ether oxygens (including phenoxy) is 1. The Balaban J connectivity index is 1.86. The molecule has 29 heavy (non-hydrogen) atoms. The molecule has 0 bridgehead atoms. The molecule has 3 rings (SSSR count). The maximum Gasteiger partial charge on any atom is 0.410 e. The summed E-state index contributed by atoms with van der Waals surface area (Å²) in [5.74, 6) is 0. The number of amides is 1. The second-order valence-corrected chi connectivity index (χ2v) is 9.07. The molecule has 6 heteroatoms. The maximum atomic E-state index is 13.1. The summed E-state index contributed by atoms with van der Waals surface area (Å²) in [5, 5.41) is 11.6. The smallest absolute Gasteiger partial charge is 0.410 e. The van der Waals surface area contributed by atoms with Crippen molar-refractivity contribution in [2.45, 2.75) is 63.8 Å². The molecule has 156 valence electrons. The molecule has 1 amide bonds. The highest BCUT2D eigenvalue weighted by Crippen LogP contribution is 2.36. The Morgan fingerprint density at radius 3 is 2.55 bits per heavy atom. The van der Waals surface area contributed by atoms with Gasteiger partial charge in [-0.2, -0.15) is 0 Å². The Morgan fingerprint density at radius 1 is 1.24 bits per heavy atom. The molecule has 1 saturated heterocycles. The molecule has 0 radical (unpaired) electrons. The van der Waals surface area contributed by atoms with E-state index in [4.69, 9.17) is 22.1 Å². The van der Waals surface area contributed by atoms with Crippen LogP contribution in [0.2, 0.25) is 5.02 Å². The van der Waals surface area contributed by atoms with E-state index < -0.39 is 17.8 Å². The first-order valence-electron chi connectivity index (χ1n) is 9.93. The number of aliphatic hydroxyl groups excluding tert-OH is 1. The molecular weight excluding hydrogens is 388 g/mol. The first-order valence-corrected chi connectivity index (χ1v) is 10.3. The number of benzene rings is 2. The van der Waals surface area contributed by atoms with Gasteiger partial charge in [0.2, 0.25) is 0 Å². The van der Waals surface area contributed by atoms with Crippen LogP contribution in [0.5, 0.6) is 0 Å². The molecule has 3 atom stereocenters. The van der Waals surface area contributed by atoms with E-state index in [1.54, 1.807) is 23.1 Å². The van der Waals surface area contributed by atoms with Crippen molar-refractivity contribution in [1.29, 1.82) is 0 Å². The summed E-state index contributed by atoms with van der Waals surface area (Å²) in [7, 11) is 0. The van der Waals surface area contributed by atoms with Crippen LogP contribution in [0, 0.1) is 0 Å². The second-order valence-electron chi connectivity index (χ2n) is 8.63. The zero-order chi connectivity index (χ0) is 21.2. The fourth-order valence-corrected chi connectivity index (χ4v) is 4.06. The molecule has 2 aromatic carbocycles. The highest BCUT2D eigenvalue weighted by Gasteiger charge is 2.42. The number of hydrogen-bond acceptors (Lipinski definition) is 4. The van der Waals surface area contributed by atoms with Gasteiger partial charge >= 0.3 is 6.09 Å². The number of anilines is 1. The lowest BCUT2D eigenvalue weighted by Crippen LogP contribution is -2.47. The van der Waals surface area contributed by atoms with Gasteiger partial charge in [-0.25, -0.2) is 4.79 Å². The Kier molecular flexibility index (Phi) is 6.39. The van der Waals surface area contributed by atoms with Gasteiger partial charge in [0.1, 0.15) is 5.60 Å². The minimum atomic E-state index is -0.836. The fourth-order valence-electron chi connectivity index (χ4n) is 3.86. The lowest BCUT2D eigenvalue weighted by Gasteiger charge is -2.35. The monoisotopic (exact) mass is 416 g/mol. The third-order valence-corrected chi connectivity index (χ3v) is 5.39. The average molecular weight is 417 g/mol. The first-order chi connectivity index (χ1) is 13.6. The van der Waals surface area contributed by atoms with Crippen molar-refractivity contribution in [3.63, 3.8) is 0 Å². The summed E-state index contributed by atoms with van der Waals surface area (Å²) in [6.45, 7) is 5.54. The lowest BCUT2D eigenvalue weighted by atomic mass is 10.0. The van der Waals surface area contributed by atoms with Gasteiger partial charge in [-0.3, -0.25) is 4.90 Å². The predicted molar refractivity (Wildman–Crippen MR) is 116 cm³/mol. The third-order valence-electron chi connectivity index (χ3n) is 5.16. The SMILES string of the molecule is CC(C)(C)OC(=O)N1C(Cc2ccc(N)cc2)CCC1[C@H](O)c1cccc(Cl)c1. The molecule has 5 nitrogen and oxygen atoms in total. The van der Waals surface area contributed by atoms with Crippen LogP contribution in [0.25, 0.3) is 0 Å².